The average molecular weight is 298 g/mol. The Balaban J connectivity index is 2.03. The molecule has 0 aromatic carbocycles. The van der Waals surface area contributed by atoms with E-state index in [1.54, 1.807) is 11.6 Å². The molecule has 1 aromatic rings. The largest absolute Gasteiger partial charge is 0.464 e. The minimum absolute atomic E-state index is 0.199. The van der Waals surface area contributed by atoms with Crippen LogP contribution in [0.2, 0.25) is 0 Å². The van der Waals surface area contributed by atoms with Gasteiger partial charge in [-0.05, 0) is 26.0 Å². The molecule has 1 aliphatic carbocycles. The van der Waals surface area contributed by atoms with Gasteiger partial charge in [0.2, 0.25) is 5.91 Å². The second kappa shape index (κ2) is 6.25. The number of nitrogens with one attached hydrogen (secondary N) is 1. The minimum atomic E-state index is -0.681. The van der Waals surface area contributed by atoms with Crippen LogP contribution in [0.15, 0.2) is 12.7 Å². The van der Waals surface area contributed by atoms with Gasteiger partial charge in [0.1, 0.15) is 24.2 Å². The lowest BCUT2D eigenvalue weighted by atomic mass is 10.2. The maximum atomic E-state index is 12.4. The standard InChI is InChI=1S/C12H18N4O3S/c1-3-19-10(17)9(6-20-2)15-11(18)12(4-5-12)16-8-13-7-14-16/h7-9H,3-6H2,1-2H3,(H,15,18). The Bertz CT molecular complexity index is 473. The van der Waals surface area contributed by atoms with Crippen molar-refractivity contribution < 1.29 is 14.3 Å². The molecule has 1 aliphatic rings. The Morgan fingerprint density at radius 2 is 2.30 bits per heavy atom. The fraction of sp³-hybridized carbons (Fsp3) is 0.667. The van der Waals surface area contributed by atoms with Crippen LogP contribution in [-0.2, 0) is 19.9 Å². The first-order valence-electron chi connectivity index (χ1n) is 6.45. The van der Waals surface area contributed by atoms with Gasteiger partial charge in [-0.25, -0.2) is 14.5 Å². The number of hydrogen-bond donors (Lipinski definition) is 1. The number of carbonyl (C=O) groups is 2. The van der Waals surface area contributed by atoms with Gasteiger partial charge in [-0.2, -0.15) is 16.9 Å². The van der Waals surface area contributed by atoms with Crippen molar-refractivity contribution in [2.75, 3.05) is 18.6 Å². The normalized spacial score (nSPS) is 17.3. The Labute approximate surface area is 121 Å². The Morgan fingerprint density at radius 1 is 1.55 bits per heavy atom. The third-order valence-electron chi connectivity index (χ3n) is 3.21. The van der Waals surface area contributed by atoms with Crippen molar-refractivity contribution in [3.05, 3.63) is 12.7 Å². The molecule has 1 N–H and O–H groups in total. The second-order valence-electron chi connectivity index (χ2n) is 4.61. The van der Waals surface area contributed by atoms with Gasteiger partial charge in [-0.1, -0.05) is 0 Å². The number of esters is 1. The van der Waals surface area contributed by atoms with E-state index >= 15 is 0 Å². The third-order valence-corrected chi connectivity index (χ3v) is 3.88. The number of ether oxygens (including phenoxy) is 1. The fourth-order valence-electron chi connectivity index (χ4n) is 1.98. The van der Waals surface area contributed by atoms with Gasteiger partial charge in [0, 0.05) is 5.75 Å². The van der Waals surface area contributed by atoms with Crippen molar-refractivity contribution in [3.63, 3.8) is 0 Å². The number of hydrogen-bond acceptors (Lipinski definition) is 6. The highest BCUT2D eigenvalue weighted by molar-refractivity contribution is 7.98. The van der Waals surface area contributed by atoms with Crippen LogP contribution >= 0.6 is 11.8 Å². The van der Waals surface area contributed by atoms with Crippen molar-refractivity contribution >= 4 is 23.6 Å². The quantitative estimate of drug-likeness (QED) is 0.723. The molecule has 0 bridgehead atoms. The van der Waals surface area contributed by atoms with Crippen LogP contribution < -0.4 is 5.32 Å². The Morgan fingerprint density at radius 3 is 2.80 bits per heavy atom. The van der Waals surface area contributed by atoms with Gasteiger partial charge in [-0.15, -0.1) is 0 Å². The highest BCUT2D eigenvalue weighted by Gasteiger charge is 2.53. The summed E-state index contributed by atoms with van der Waals surface area (Å²) in [6, 6.07) is -0.626. The molecule has 1 fully saturated rings. The maximum Gasteiger partial charge on any atom is 0.329 e. The van der Waals surface area contributed by atoms with Crippen LogP contribution in [-0.4, -0.2) is 51.3 Å². The van der Waals surface area contributed by atoms with E-state index in [1.807, 2.05) is 6.26 Å². The molecule has 1 heterocycles. The number of rotatable bonds is 7. The number of thioether (sulfide) groups is 1. The Kier molecular flexibility index (Phi) is 4.64. The zero-order valence-corrected chi connectivity index (χ0v) is 12.4. The maximum absolute atomic E-state index is 12.4. The first-order chi connectivity index (χ1) is 9.64. The molecule has 20 heavy (non-hydrogen) atoms. The molecule has 2 rings (SSSR count). The molecule has 1 aromatic heterocycles. The van der Waals surface area contributed by atoms with Gasteiger partial charge in [0.05, 0.1) is 6.61 Å². The van der Waals surface area contributed by atoms with E-state index in [-0.39, 0.29) is 5.91 Å². The van der Waals surface area contributed by atoms with Gasteiger partial charge in [-0.3, -0.25) is 4.79 Å². The fourth-order valence-corrected chi connectivity index (χ4v) is 2.53. The molecule has 0 radical (unpaired) electrons. The number of nitrogens with zero attached hydrogens (tertiary/aromatic N) is 3. The summed E-state index contributed by atoms with van der Waals surface area (Å²) in [4.78, 5) is 28.1. The van der Waals surface area contributed by atoms with E-state index in [9.17, 15) is 9.59 Å². The monoisotopic (exact) mass is 298 g/mol. The van der Waals surface area contributed by atoms with E-state index in [0.717, 1.165) is 0 Å². The van der Waals surface area contributed by atoms with Crippen LogP contribution in [0.3, 0.4) is 0 Å². The summed E-state index contributed by atoms with van der Waals surface area (Å²) in [7, 11) is 0. The van der Waals surface area contributed by atoms with Crippen molar-refractivity contribution in [3.8, 4) is 0 Å². The highest BCUT2D eigenvalue weighted by atomic mass is 32.2. The molecular formula is C12H18N4O3S. The number of carbonyl (C=O) groups excluding carboxylic acids is 2. The van der Waals surface area contributed by atoms with Crippen molar-refractivity contribution in [1.29, 1.82) is 0 Å². The number of aromatic nitrogens is 3. The summed E-state index contributed by atoms with van der Waals surface area (Å²) in [5.74, 6) is -0.113. The smallest absolute Gasteiger partial charge is 0.329 e. The van der Waals surface area contributed by atoms with Gasteiger partial charge >= 0.3 is 5.97 Å². The first kappa shape index (κ1) is 14.8. The van der Waals surface area contributed by atoms with E-state index < -0.39 is 17.6 Å². The third kappa shape index (κ3) is 2.95. The summed E-state index contributed by atoms with van der Waals surface area (Å²) < 4.78 is 6.54. The van der Waals surface area contributed by atoms with Gasteiger partial charge in [0.25, 0.3) is 0 Å². The highest BCUT2D eigenvalue weighted by Crippen LogP contribution is 2.43. The summed E-state index contributed by atoms with van der Waals surface area (Å²) in [6.07, 6.45) is 6.22. The van der Waals surface area contributed by atoms with Gasteiger partial charge in [0.15, 0.2) is 0 Å². The topological polar surface area (TPSA) is 86.1 Å². The Hall–Kier alpha value is -1.57. The molecule has 1 unspecified atom stereocenters. The van der Waals surface area contributed by atoms with Crippen molar-refractivity contribution in [1.82, 2.24) is 20.1 Å². The molecule has 0 saturated heterocycles. The summed E-state index contributed by atoms with van der Waals surface area (Å²) in [5, 5.41) is 6.80. The molecular weight excluding hydrogens is 280 g/mol. The zero-order valence-electron chi connectivity index (χ0n) is 11.5. The molecule has 0 spiro atoms. The predicted octanol–water partition coefficient (Wildman–Crippen LogP) is 0.178. The predicted molar refractivity (Wildman–Crippen MR) is 74.2 cm³/mol. The van der Waals surface area contributed by atoms with E-state index in [2.05, 4.69) is 15.4 Å². The van der Waals surface area contributed by atoms with E-state index in [1.165, 1.54) is 24.4 Å². The molecule has 1 atom stereocenters. The molecule has 110 valence electrons. The molecule has 7 nitrogen and oxygen atoms in total. The SMILES string of the molecule is CCOC(=O)C(CSC)NC(=O)C1(n2cncn2)CC1. The summed E-state index contributed by atoms with van der Waals surface area (Å²) in [5.41, 5.74) is -0.681. The van der Waals surface area contributed by atoms with Crippen LogP contribution in [0.1, 0.15) is 19.8 Å². The van der Waals surface area contributed by atoms with Crippen molar-refractivity contribution in [2.45, 2.75) is 31.3 Å². The molecule has 1 amide bonds. The number of amides is 1. The van der Waals surface area contributed by atoms with Crippen LogP contribution in [0.5, 0.6) is 0 Å². The lowest BCUT2D eigenvalue weighted by Gasteiger charge is -2.20. The molecule has 0 aliphatic heterocycles. The van der Waals surface area contributed by atoms with Crippen molar-refractivity contribution in [2.24, 2.45) is 0 Å². The summed E-state index contributed by atoms with van der Waals surface area (Å²) in [6.45, 7) is 2.04. The van der Waals surface area contributed by atoms with Crippen LogP contribution in [0.4, 0.5) is 0 Å². The average Bonchev–Trinajstić information content (AvgIpc) is 3.06. The van der Waals surface area contributed by atoms with Crippen LogP contribution in [0.25, 0.3) is 0 Å². The van der Waals surface area contributed by atoms with E-state index in [4.69, 9.17) is 4.74 Å². The zero-order chi connectivity index (χ0) is 14.6. The van der Waals surface area contributed by atoms with Gasteiger partial charge < -0.3 is 10.1 Å². The lowest BCUT2D eigenvalue weighted by Crippen LogP contribution is -2.49. The minimum Gasteiger partial charge on any atom is -0.464 e. The first-order valence-corrected chi connectivity index (χ1v) is 7.85. The molecule has 1 saturated carbocycles. The molecule has 8 heteroatoms. The van der Waals surface area contributed by atoms with Crippen LogP contribution in [0, 0.1) is 0 Å². The second-order valence-corrected chi connectivity index (χ2v) is 5.52. The lowest BCUT2D eigenvalue weighted by molar-refractivity contribution is -0.147. The van der Waals surface area contributed by atoms with E-state index in [0.29, 0.717) is 25.2 Å². The summed E-state index contributed by atoms with van der Waals surface area (Å²) >= 11 is 1.48.